The number of hydrogen-bond acceptors (Lipinski definition) is 6. The lowest BCUT2D eigenvalue weighted by Gasteiger charge is -2.27. The third kappa shape index (κ3) is 4.10. The van der Waals surface area contributed by atoms with Crippen LogP contribution >= 0.6 is 0 Å². The number of anilines is 2. The van der Waals surface area contributed by atoms with Gasteiger partial charge in [-0.3, -0.25) is 0 Å². The minimum atomic E-state index is 0.0580. The summed E-state index contributed by atoms with van der Waals surface area (Å²) < 4.78 is 11.8. The first-order valence-corrected chi connectivity index (χ1v) is 11.4. The van der Waals surface area contributed by atoms with Crippen LogP contribution in [0, 0.1) is 5.92 Å². The zero-order chi connectivity index (χ0) is 20.5. The van der Waals surface area contributed by atoms with Gasteiger partial charge >= 0.3 is 0 Å². The van der Waals surface area contributed by atoms with Crippen LogP contribution in [0.2, 0.25) is 0 Å². The van der Waals surface area contributed by atoms with Crippen molar-refractivity contribution in [2.45, 2.75) is 57.6 Å². The van der Waals surface area contributed by atoms with Crippen molar-refractivity contribution in [3.8, 4) is 17.0 Å². The molecule has 5 rings (SSSR count). The first-order valence-electron chi connectivity index (χ1n) is 11.4. The average Bonchev–Trinajstić information content (AvgIpc) is 3.40. The average molecular weight is 409 g/mol. The van der Waals surface area contributed by atoms with Crippen molar-refractivity contribution in [2.75, 3.05) is 37.0 Å². The Hall–Kier alpha value is -2.34. The molecule has 0 bridgehead atoms. The molecule has 1 atom stereocenters. The van der Waals surface area contributed by atoms with E-state index in [1.54, 1.807) is 0 Å². The van der Waals surface area contributed by atoms with Crippen molar-refractivity contribution < 1.29 is 9.47 Å². The topological polar surface area (TPSA) is 59.5 Å². The molecular weight excluding hydrogens is 376 g/mol. The smallest absolute Gasteiger partial charge is 0.226 e. The Balaban J connectivity index is 1.42. The molecule has 1 saturated carbocycles. The van der Waals surface area contributed by atoms with E-state index in [-0.39, 0.29) is 6.10 Å². The second kappa shape index (κ2) is 8.42. The molecule has 160 valence electrons. The van der Waals surface area contributed by atoms with Gasteiger partial charge in [0.1, 0.15) is 6.10 Å². The maximum Gasteiger partial charge on any atom is 0.226 e. The van der Waals surface area contributed by atoms with Crippen molar-refractivity contribution in [3.63, 3.8) is 0 Å². The normalized spacial score (nSPS) is 25.9. The minimum Gasteiger partial charge on any atom is -0.471 e. The van der Waals surface area contributed by atoms with Crippen molar-refractivity contribution in [3.05, 3.63) is 30.0 Å². The third-order valence-corrected chi connectivity index (χ3v) is 6.79. The maximum atomic E-state index is 6.32. The predicted molar refractivity (Wildman–Crippen MR) is 119 cm³/mol. The van der Waals surface area contributed by atoms with Gasteiger partial charge in [0.05, 0.1) is 18.8 Å². The summed E-state index contributed by atoms with van der Waals surface area (Å²) in [5.41, 5.74) is 4.78. The fourth-order valence-electron chi connectivity index (χ4n) is 4.81. The second-order valence-corrected chi connectivity index (χ2v) is 9.13. The summed E-state index contributed by atoms with van der Waals surface area (Å²) in [7, 11) is 2.15. The van der Waals surface area contributed by atoms with Crippen LogP contribution in [-0.4, -0.2) is 48.9 Å². The number of nitrogens with one attached hydrogen (secondary N) is 1. The molecule has 0 radical (unpaired) electrons. The molecule has 6 heteroatoms. The zero-order valence-electron chi connectivity index (χ0n) is 18.1. The lowest BCUT2D eigenvalue weighted by atomic mass is 9.87. The number of aromatic nitrogens is 2. The summed E-state index contributed by atoms with van der Waals surface area (Å²) in [6.07, 6.45) is 8.85. The number of benzene rings is 1. The molecule has 2 aromatic rings. The highest BCUT2D eigenvalue weighted by atomic mass is 16.5. The van der Waals surface area contributed by atoms with E-state index < -0.39 is 0 Å². The number of ether oxygens (including phenoxy) is 2. The van der Waals surface area contributed by atoms with E-state index in [1.165, 1.54) is 36.9 Å². The van der Waals surface area contributed by atoms with Gasteiger partial charge in [-0.15, -0.1) is 0 Å². The first-order chi connectivity index (χ1) is 14.7. The van der Waals surface area contributed by atoms with Gasteiger partial charge in [-0.25, -0.2) is 4.98 Å². The second-order valence-electron chi connectivity index (χ2n) is 9.13. The van der Waals surface area contributed by atoms with Crippen molar-refractivity contribution in [2.24, 2.45) is 5.92 Å². The molecule has 1 aromatic heterocycles. The summed E-state index contributed by atoms with van der Waals surface area (Å²) in [6, 6.07) is 7.08. The SMILES string of the molecule is CC1CCC(Nc2ncc(-c3ccc4c(c3)CCN4C)c(OC3CCOC3)n2)CC1. The van der Waals surface area contributed by atoms with Gasteiger partial charge < -0.3 is 19.7 Å². The van der Waals surface area contributed by atoms with E-state index in [2.05, 4.69) is 47.4 Å². The van der Waals surface area contributed by atoms with Crippen LogP contribution in [0.25, 0.3) is 11.1 Å². The quantitative estimate of drug-likeness (QED) is 0.796. The summed E-state index contributed by atoms with van der Waals surface area (Å²) in [5, 5.41) is 3.55. The monoisotopic (exact) mass is 408 g/mol. The molecule has 3 aliphatic rings. The van der Waals surface area contributed by atoms with Crippen LogP contribution in [0.1, 0.15) is 44.6 Å². The van der Waals surface area contributed by atoms with E-state index in [9.17, 15) is 0 Å². The highest BCUT2D eigenvalue weighted by Crippen LogP contribution is 2.36. The molecule has 2 aliphatic heterocycles. The molecule has 1 aromatic carbocycles. The van der Waals surface area contributed by atoms with Crippen LogP contribution in [-0.2, 0) is 11.2 Å². The molecule has 0 spiro atoms. The standard InChI is InChI=1S/C24H32N4O2/c1-16-3-6-19(7-4-16)26-24-25-14-21(23(27-24)30-20-10-12-29-15-20)17-5-8-22-18(13-17)9-11-28(22)2/h5,8,13-14,16,19-20H,3-4,6-7,9-12,15H2,1-2H3,(H,25,26,27). The van der Waals surface area contributed by atoms with E-state index in [4.69, 9.17) is 14.5 Å². The predicted octanol–water partition coefficient (Wildman–Crippen LogP) is 4.29. The number of nitrogens with zero attached hydrogens (tertiary/aromatic N) is 3. The molecule has 6 nitrogen and oxygen atoms in total. The molecule has 3 heterocycles. The Morgan fingerprint density at radius 2 is 2.03 bits per heavy atom. The summed E-state index contributed by atoms with van der Waals surface area (Å²) >= 11 is 0. The lowest BCUT2D eigenvalue weighted by Crippen LogP contribution is -2.26. The molecule has 30 heavy (non-hydrogen) atoms. The van der Waals surface area contributed by atoms with Crippen molar-refractivity contribution in [1.29, 1.82) is 0 Å². The van der Waals surface area contributed by atoms with Gasteiger partial charge in [0.25, 0.3) is 0 Å². The molecule has 2 fully saturated rings. The summed E-state index contributed by atoms with van der Waals surface area (Å²) in [4.78, 5) is 11.8. The van der Waals surface area contributed by atoms with Gasteiger partial charge in [-0.05, 0) is 61.3 Å². The molecular formula is C24H32N4O2. The van der Waals surface area contributed by atoms with E-state index >= 15 is 0 Å². The van der Waals surface area contributed by atoms with Gasteiger partial charge in [0, 0.05) is 37.9 Å². The molecule has 1 aliphatic carbocycles. The number of rotatable bonds is 5. The fraction of sp³-hybridized carbons (Fsp3) is 0.583. The number of likely N-dealkylation sites (N-methyl/N-ethyl adjacent to an activating group) is 1. The Labute approximate surface area is 179 Å². The molecule has 0 amide bonds. The summed E-state index contributed by atoms with van der Waals surface area (Å²) in [5.74, 6) is 2.16. The van der Waals surface area contributed by atoms with E-state index in [1.807, 2.05) is 6.20 Å². The third-order valence-electron chi connectivity index (χ3n) is 6.79. The Bertz CT molecular complexity index is 889. The molecule has 1 N–H and O–H groups in total. The van der Waals surface area contributed by atoms with Gasteiger partial charge in [-0.2, -0.15) is 4.98 Å². The van der Waals surface area contributed by atoms with Crippen LogP contribution in [0.4, 0.5) is 11.6 Å². The first kappa shape index (κ1) is 19.6. The van der Waals surface area contributed by atoms with Crippen molar-refractivity contribution >= 4 is 11.6 Å². The Morgan fingerprint density at radius 3 is 2.83 bits per heavy atom. The number of hydrogen-bond donors (Lipinski definition) is 1. The highest BCUT2D eigenvalue weighted by Gasteiger charge is 2.24. The van der Waals surface area contributed by atoms with E-state index in [0.29, 0.717) is 24.5 Å². The fourth-order valence-corrected chi connectivity index (χ4v) is 4.81. The van der Waals surface area contributed by atoms with Crippen LogP contribution < -0.4 is 15.0 Å². The maximum absolute atomic E-state index is 6.32. The Morgan fingerprint density at radius 1 is 1.17 bits per heavy atom. The highest BCUT2D eigenvalue weighted by molar-refractivity contribution is 5.73. The summed E-state index contributed by atoms with van der Waals surface area (Å²) in [6.45, 7) is 4.79. The van der Waals surface area contributed by atoms with Gasteiger partial charge in [-0.1, -0.05) is 13.0 Å². The van der Waals surface area contributed by atoms with E-state index in [0.717, 1.165) is 43.0 Å². The minimum absolute atomic E-state index is 0.0580. The van der Waals surface area contributed by atoms with Gasteiger partial charge in [0.2, 0.25) is 11.8 Å². The molecule has 1 unspecified atom stereocenters. The van der Waals surface area contributed by atoms with Gasteiger partial charge in [0.15, 0.2) is 0 Å². The van der Waals surface area contributed by atoms with Crippen LogP contribution in [0.3, 0.4) is 0 Å². The molecule has 1 saturated heterocycles. The van der Waals surface area contributed by atoms with Crippen molar-refractivity contribution in [1.82, 2.24) is 9.97 Å². The van der Waals surface area contributed by atoms with Crippen LogP contribution in [0.15, 0.2) is 24.4 Å². The largest absolute Gasteiger partial charge is 0.471 e. The van der Waals surface area contributed by atoms with Crippen LogP contribution in [0.5, 0.6) is 5.88 Å². The Kier molecular flexibility index (Phi) is 5.50. The number of fused-ring (bicyclic) bond motifs is 1. The lowest BCUT2D eigenvalue weighted by molar-refractivity contribution is 0.138. The zero-order valence-corrected chi connectivity index (χ0v) is 18.1.